The highest BCUT2D eigenvalue weighted by atomic mass is 32.2. The molecule has 132 valence electrons. The van der Waals surface area contributed by atoms with E-state index >= 15 is 0 Å². The second-order valence-electron chi connectivity index (χ2n) is 6.35. The molecule has 1 aliphatic carbocycles. The van der Waals surface area contributed by atoms with Crippen LogP contribution >= 0.6 is 23.1 Å². The molecule has 25 heavy (non-hydrogen) atoms. The molecule has 6 heteroatoms. The van der Waals surface area contributed by atoms with Crippen molar-refractivity contribution in [2.75, 3.05) is 12.1 Å². The van der Waals surface area contributed by atoms with Crippen LogP contribution in [0.2, 0.25) is 0 Å². The largest absolute Gasteiger partial charge is 0.304 e. The number of thioether (sulfide) groups is 1. The minimum absolute atomic E-state index is 0.680. The molecule has 0 bridgehead atoms. The van der Waals surface area contributed by atoms with Crippen LogP contribution in [0.4, 0.5) is 5.00 Å². The van der Waals surface area contributed by atoms with Gasteiger partial charge in [-0.3, -0.25) is 0 Å². The molecule has 0 saturated carbocycles. The van der Waals surface area contributed by atoms with E-state index in [9.17, 15) is 5.26 Å². The molecule has 0 radical (unpaired) electrons. The number of anilines is 1. The van der Waals surface area contributed by atoms with Crippen LogP contribution in [0.5, 0.6) is 0 Å². The van der Waals surface area contributed by atoms with Crippen LogP contribution in [-0.4, -0.2) is 12.0 Å². The van der Waals surface area contributed by atoms with E-state index in [1.54, 1.807) is 23.8 Å². The summed E-state index contributed by atoms with van der Waals surface area (Å²) in [4.78, 5) is 5.91. The van der Waals surface area contributed by atoms with Gasteiger partial charge in [0.1, 0.15) is 15.9 Å². The molecule has 2 N–H and O–H groups in total. The number of allylic oxidation sites excluding steroid dienone is 1. The van der Waals surface area contributed by atoms with Crippen molar-refractivity contribution >= 4 is 38.3 Å². The third-order valence-corrected chi connectivity index (χ3v) is 6.56. The Kier molecular flexibility index (Phi) is 6.00. The van der Waals surface area contributed by atoms with Gasteiger partial charge < -0.3 is 5.01 Å². The van der Waals surface area contributed by atoms with Gasteiger partial charge in [0.2, 0.25) is 0 Å². The molecule has 0 fully saturated rings. The average Bonchev–Trinajstić information content (AvgIpc) is 2.81. The van der Waals surface area contributed by atoms with Gasteiger partial charge in [-0.1, -0.05) is 30.8 Å². The van der Waals surface area contributed by atoms with Crippen LogP contribution < -0.4 is 10.9 Å². The smallest absolute Gasteiger partial charge is 0.127 e. The van der Waals surface area contributed by atoms with Gasteiger partial charge in [0.05, 0.1) is 5.56 Å². The van der Waals surface area contributed by atoms with E-state index < -0.39 is 0 Å². The molecule has 0 aromatic carbocycles. The van der Waals surface area contributed by atoms with Crippen LogP contribution in [0.3, 0.4) is 0 Å². The van der Waals surface area contributed by atoms with Gasteiger partial charge >= 0.3 is 0 Å². The average molecular weight is 373 g/mol. The molecular weight excluding hydrogens is 348 g/mol. The summed E-state index contributed by atoms with van der Waals surface area (Å²) in [6, 6.07) is 2.39. The van der Waals surface area contributed by atoms with Crippen LogP contribution in [0.15, 0.2) is 11.5 Å². The lowest BCUT2D eigenvalue weighted by Crippen LogP contribution is -2.24. The number of aryl methyl sites for hydroxylation is 1. The minimum atomic E-state index is 0.680. The Balaban J connectivity index is 2.20. The molecule has 1 aliphatic rings. The van der Waals surface area contributed by atoms with Crippen molar-refractivity contribution < 1.29 is 0 Å². The van der Waals surface area contributed by atoms with Gasteiger partial charge in [-0.25, -0.2) is 10.8 Å². The highest BCUT2D eigenvalue weighted by Gasteiger charge is 2.23. The Hall–Kier alpha value is -1.55. The summed E-state index contributed by atoms with van der Waals surface area (Å²) >= 11 is 3.34. The van der Waals surface area contributed by atoms with Gasteiger partial charge in [0.25, 0.3) is 0 Å². The summed E-state index contributed by atoms with van der Waals surface area (Å²) in [5, 5.41) is 15.3. The van der Waals surface area contributed by atoms with Gasteiger partial charge in [-0.2, -0.15) is 5.26 Å². The lowest BCUT2D eigenvalue weighted by atomic mass is 9.98. The van der Waals surface area contributed by atoms with Crippen molar-refractivity contribution in [3.63, 3.8) is 0 Å². The van der Waals surface area contributed by atoms with E-state index in [-0.39, 0.29) is 0 Å². The number of nitriles is 1. The first-order chi connectivity index (χ1) is 12.2. The fourth-order valence-electron chi connectivity index (χ4n) is 3.36. The minimum Gasteiger partial charge on any atom is -0.304 e. The zero-order valence-electron chi connectivity index (χ0n) is 14.8. The molecular formula is C19H24N4S2. The molecule has 0 aliphatic heterocycles. The summed E-state index contributed by atoms with van der Waals surface area (Å²) < 4.78 is 0. The fourth-order valence-corrected chi connectivity index (χ4v) is 5.33. The number of pyridine rings is 1. The third-order valence-electron chi connectivity index (χ3n) is 4.55. The zero-order chi connectivity index (χ0) is 17.8. The molecule has 4 nitrogen and oxygen atoms in total. The number of rotatable bonds is 5. The zero-order valence-corrected chi connectivity index (χ0v) is 16.5. The summed E-state index contributed by atoms with van der Waals surface area (Å²) in [6.45, 7) is 2.14. The van der Waals surface area contributed by atoms with E-state index in [1.165, 1.54) is 47.4 Å². The van der Waals surface area contributed by atoms with E-state index in [0.29, 0.717) is 5.56 Å². The lowest BCUT2D eigenvalue weighted by molar-refractivity contribution is 0.708. The number of nitrogens with zero attached hydrogens (tertiary/aromatic N) is 3. The van der Waals surface area contributed by atoms with Gasteiger partial charge in [-0.05, 0) is 48.6 Å². The Morgan fingerprint density at radius 2 is 2.16 bits per heavy atom. The predicted octanol–water partition coefficient (Wildman–Crippen LogP) is 4.90. The SMILES string of the molecule is CC/C=C\SCc1c2c(nc3sc(N(C)N)c(C#N)c13)CCCCC2. The number of hydrogen-bond donors (Lipinski definition) is 1. The first kappa shape index (κ1) is 18.2. The van der Waals surface area contributed by atoms with Crippen LogP contribution in [-0.2, 0) is 18.6 Å². The summed E-state index contributed by atoms with van der Waals surface area (Å²) in [5.74, 6) is 6.86. The molecule has 0 amide bonds. The molecule has 2 aromatic heterocycles. The van der Waals surface area contributed by atoms with E-state index in [4.69, 9.17) is 10.8 Å². The van der Waals surface area contributed by atoms with Crippen molar-refractivity contribution in [3.05, 3.63) is 33.9 Å². The summed E-state index contributed by atoms with van der Waals surface area (Å²) in [7, 11) is 1.79. The molecule has 2 aromatic rings. The number of nitrogens with two attached hydrogens (primary N) is 1. The molecule has 2 heterocycles. The maximum absolute atomic E-state index is 9.77. The maximum Gasteiger partial charge on any atom is 0.127 e. The van der Waals surface area contributed by atoms with Crippen molar-refractivity contribution in [2.24, 2.45) is 5.84 Å². The lowest BCUT2D eigenvalue weighted by Gasteiger charge is -2.13. The molecule has 0 atom stereocenters. The molecule has 0 unspecified atom stereocenters. The number of aromatic nitrogens is 1. The Labute approximate surface area is 157 Å². The number of hydrogen-bond acceptors (Lipinski definition) is 6. The van der Waals surface area contributed by atoms with Crippen molar-refractivity contribution in [1.29, 1.82) is 5.26 Å². The molecule has 0 spiro atoms. The second kappa shape index (κ2) is 8.22. The second-order valence-corrected chi connectivity index (χ2v) is 8.22. The highest BCUT2D eigenvalue weighted by Crippen LogP contribution is 2.41. The maximum atomic E-state index is 9.77. The van der Waals surface area contributed by atoms with Crippen LogP contribution in [0, 0.1) is 11.3 Å². The highest BCUT2D eigenvalue weighted by molar-refractivity contribution is 8.01. The first-order valence-electron chi connectivity index (χ1n) is 8.79. The van der Waals surface area contributed by atoms with Crippen molar-refractivity contribution in [2.45, 2.75) is 51.2 Å². The van der Waals surface area contributed by atoms with Crippen molar-refractivity contribution in [3.8, 4) is 6.07 Å². The van der Waals surface area contributed by atoms with E-state index in [2.05, 4.69) is 24.5 Å². The molecule has 0 saturated heterocycles. The number of thiophene rings is 1. The quantitative estimate of drug-likeness (QED) is 0.459. The Morgan fingerprint density at radius 1 is 1.36 bits per heavy atom. The first-order valence-corrected chi connectivity index (χ1v) is 10.7. The topological polar surface area (TPSA) is 65.9 Å². The van der Waals surface area contributed by atoms with Gasteiger partial charge in [0.15, 0.2) is 0 Å². The summed E-state index contributed by atoms with van der Waals surface area (Å²) in [6.07, 6.45) is 9.00. The van der Waals surface area contributed by atoms with E-state index in [0.717, 1.165) is 40.2 Å². The monoisotopic (exact) mass is 372 g/mol. The van der Waals surface area contributed by atoms with Crippen LogP contribution in [0.25, 0.3) is 10.2 Å². The third kappa shape index (κ3) is 3.69. The standard InChI is InChI=1S/C19H24N4S2/c1-3-4-10-24-12-15-13-8-6-5-7-9-16(13)22-18-17(15)14(11-20)19(25-18)23(2)21/h4,10H,3,5-9,12,21H2,1-2H3/b10-4-. The van der Waals surface area contributed by atoms with Crippen LogP contribution in [0.1, 0.15) is 55.0 Å². The fraction of sp³-hybridized carbons (Fsp3) is 0.474. The Bertz CT molecular complexity index is 830. The normalized spacial score (nSPS) is 14.5. The Morgan fingerprint density at radius 3 is 2.88 bits per heavy atom. The predicted molar refractivity (Wildman–Crippen MR) is 109 cm³/mol. The number of fused-ring (bicyclic) bond motifs is 2. The van der Waals surface area contributed by atoms with E-state index in [1.807, 2.05) is 0 Å². The van der Waals surface area contributed by atoms with Gasteiger partial charge in [0, 0.05) is 23.9 Å². The summed E-state index contributed by atoms with van der Waals surface area (Å²) in [5.41, 5.74) is 4.59. The van der Waals surface area contributed by atoms with Crippen molar-refractivity contribution in [1.82, 2.24) is 4.98 Å². The molecule has 3 rings (SSSR count). The van der Waals surface area contributed by atoms with Gasteiger partial charge in [-0.15, -0.1) is 11.8 Å². The number of hydrazine groups is 1.